The molecule has 5 aromatic rings. The van der Waals surface area contributed by atoms with Gasteiger partial charge in [0.25, 0.3) is 0 Å². The maximum atomic E-state index is 12.7. The van der Waals surface area contributed by atoms with E-state index in [-0.39, 0.29) is 11.8 Å². The molecule has 0 radical (unpaired) electrons. The van der Waals surface area contributed by atoms with Gasteiger partial charge in [-0.3, -0.25) is 15.1 Å². The van der Waals surface area contributed by atoms with Crippen molar-refractivity contribution in [2.75, 3.05) is 18.0 Å². The van der Waals surface area contributed by atoms with Crippen molar-refractivity contribution in [3.05, 3.63) is 61.1 Å². The number of nitrogens with two attached hydrogens (primary N) is 1. The molecule has 4 heterocycles. The van der Waals surface area contributed by atoms with Gasteiger partial charge in [0.1, 0.15) is 23.0 Å². The molecule has 0 spiro atoms. The number of anilines is 1. The van der Waals surface area contributed by atoms with E-state index in [1.165, 1.54) is 12.1 Å². The molecule has 1 aliphatic heterocycles. The van der Waals surface area contributed by atoms with Crippen LogP contribution in [0.3, 0.4) is 0 Å². The minimum Gasteiger partial charge on any atom is -0.406 e. The number of halogens is 3. The number of hydrogen-bond acceptors (Lipinski definition) is 7. The van der Waals surface area contributed by atoms with Crippen LogP contribution in [0.4, 0.5) is 19.0 Å². The lowest BCUT2D eigenvalue weighted by atomic mass is 9.99. The molecular formula is C26H22F3N7O. The molecular weight excluding hydrogens is 483 g/mol. The van der Waals surface area contributed by atoms with Crippen molar-refractivity contribution < 1.29 is 17.9 Å². The quantitative estimate of drug-likeness (QED) is 0.352. The Kier molecular flexibility index (Phi) is 5.64. The fourth-order valence-corrected chi connectivity index (χ4v) is 4.70. The second-order valence-corrected chi connectivity index (χ2v) is 9.00. The molecule has 0 amide bonds. The number of rotatable bonds is 4. The fraction of sp³-hybridized carbons (Fsp3) is 0.231. The number of nitrogens with zero attached hydrogens (tertiary/aromatic N) is 5. The summed E-state index contributed by atoms with van der Waals surface area (Å²) in [7, 11) is 0. The van der Waals surface area contributed by atoms with Gasteiger partial charge in [-0.2, -0.15) is 5.10 Å². The minimum atomic E-state index is -4.77. The van der Waals surface area contributed by atoms with Crippen LogP contribution in [0.15, 0.2) is 61.1 Å². The van der Waals surface area contributed by atoms with Gasteiger partial charge in [-0.25, -0.2) is 4.98 Å². The van der Waals surface area contributed by atoms with Gasteiger partial charge in [-0.1, -0.05) is 6.07 Å². The second-order valence-electron chi connectivity index (χ2n) is 9.00. The number of fused-ring (bicyclic) bond motifs is 2. The number of benzene rings is 2. The molecule has 0 unspecified atom stereocenters. The molecule has 37 heavy (non-hydrogen) atoms. The standard InChI is InChI=1S/C26H22F3N7O/c27-26(28,29)37-17-2-3-19-18(5-8-32-22(19)12-17)15-1-4-21-20(11-15)25(35-34-21)23-13-31-14-24(33-23)36-9-6-16(30)7-10-36/h1-5,8,11-14,16H,6-7,9-10,30H2,(H,34,35). The van der Waals surface area contributed by atoms with Crippen LogP contribution in [-0.2, 0) is 0 Å². The first-order valence-corrected chi connectivity index (χ1v) is 11.8. The lowest BCUT2D eigenvalue weighted by molar-refractivity contribution is -0.274. The Morgan fingerprint density at radius 2 is 1.84 bits per heavy atom. The molecule has 1 fully saturated rings. The minimum absolute atomic E-state index is 0.217. The van der Waals surface area contributed by atoms with Gasteiger partial charge in [0.15, 0.2) is 0 Å². The topological polar surface area (TPSA) is 106 Å². The van der Waals surface area contributed by atoms with Crippen molar-refractivity contribution in [1.82, 2.24) is 25.1 Å². The normalized spacial score (nSPS) is 15.0. The number of ether oxygens (including phenoxy) is 1. The Bertz CT molecular complexity index is 1590. The van der Waals surface area contributed by atoms with Gasteiger partial charge in [0.05, 0.1) is 23.4 Å². The number of aromatic nitrogens is 5. The molecule has 1 saturated heterocycles. The van der Waals surface area contributed by atoms with Crippen molar-refractivity contribution in [3.8, 4) is 28.3 Å². The molecule has 0 aliphatic carbocycles. The number of piperidine rings is 1. The van der Waals surface area contributed by atoms with E-state index in [4.69, 9.17) is 10.7 Å². The van der Waals surface area contributed by atoms with E-state index >= 15 is 0 Å². The third kappa shape index (κ3) is 4.65. The largest absolute Gasteiger partial charge is 0.573 e. The van der Waals surface area contributed by atoms with Crippen LogP contribution in [0.5, 0.6) is 5.75 Å². The highest BCUT2D eigenvalue weighted by Crippen LogP contribution is 2.35. The Balaban J connectivity index is 1.38. The summed E-state index contributed by atoms with van der Waals surface area (Å²) < 4.78 is 42.0. The molecule has 188 valence electrons. The zero-order valence-corrected chi connectivity index (χ0v) is 19.5. The molecule has 2 aromatic carbocycles. The maximum Gasteiger partial charge on any atom is 0.573 e. The van der Waals surface area contributed by atoms with Gasteiger partial charge < -0.3 is 15.4 Å². The number of pyridine rings is 1. The van der Waals surface area contributed by atoms with E-state index in [0.717, 1.165) is 53.8 Å². The molecule has 0 atom stereocenters. The highest BCUT2D eigenvalue weighted by molar-refractivity contribution is 6.00. The van der Waals surface area contributed by atoms with E-state index < -0.39 is 6.36 Å². The molecule has 0 saturated carbocycles. The average molecular weight is 506 g/mol. The highest BCUT2D eigenvalue weighted by Gasteiger charge is 2.31. The Labute approximate surface area is 209 Å². The summed E-state index contributed by atoms with van der Waals surface area (Å²) in [5.74, 6) is 0.472. The van der Waals surface area contributed by atoms with E-state index in [2.05, 4.69) is 29.8 Å². The fourth-order valence-electron chi connectivity index (χ4n) is 4.70. The van der Waals surface area contributed by atoms with E-state index in [9.17, 15) is 13.2 Å². The van der Waals surface area contributed by atoms with E-state index in [1.807, 2.05) is 24.3 Å². The van der Waals surface area contributed by atoms with Crippen LogP contribution in [0.2, 0.25) is 0 Å². The lowest BCUT2D eigenvalue weighted by Crippen LogP contribution is -2.40. The zero-order valence-electron chi connectivity index (χ0n) is 19.5. The van der Waals surface area contributed by atoms with Crippen LogP contribution < -0.4 is 15.4 Å². The third-order valence-corrected chi connectivity index (χ3v) is 6.55. The summed E-state index contributed by atoms with van der Waals surface area (Å²) in [6.45, 7) is 1.66. The summed E-state index contributed by atoms with van der Waals surface area (Å²) in [5.41, 5.74) is 10.3. The number of H-pyrrole nitrogens is 1. The SMILES string of the molecule is NC1CCN(c2cncc(-c3n[nH]c4ccc(-c5ccnc6cc(OC(F)(F)F)ccc56)cc34)n2)CC1. The van der Waals surface area contributed by atoms with Crippen LogP contribution in [0, 0.1) is 0 Å². The van der Waals surface area contributed by atoms with Crippen LogP contribution in [-0.4, -0.2) is 50.6 Å². The van der Waals surface area contributed by atoms with Gasteiger partial charge in [-0.05, 0) is 54.3 Å². The Morgan fingerprint density at radius 3 is 2.65 bits per heavy atom. The first kappa shape index (κ1) is 23.2. The third-order valence-electron chi connectivity index (χ3n) is 6.55. The summed E-state index contributed by atoms with van der Waals surface area (Å²) in [5, 5.41) is 9.11. The second kappa shape index (κ2) is 9.00. The molecule has 6 rings (SSSR count). The molecule has 1 aliphatic rings. The number of aromatic amines is 1. The monoisotopic (exact) mass is 505 g/mol. The molecule has 11 heteroatoms. The summed E-state index contributed by atoms with van der Waals surface area (Å²) in [6.07, 6.45) is 2.05. The van der Waals surface area contributed by atoms with Crippen molar-refractivity contribution in [1.29, 1.82) is 0 Å². The van der Waals surface area contributed by atoms with Crippen LogP contribution >= 0.6 is 0 Å². The number of hydrogen-bond donors (Lipinski definition) is 2. The van der Waals surface area contributed by atoms with Crippen molar-refractivity contribution in [3.63, 3.8) is 0 Å². The van der Waals surface area contributed by atoms with Gasteiger partial charge in [0, 0.05) is 42.2 Å². The Hall–Kier alpha value is -4.25. The summed E-state index contributed by atoms with van der Waals surface area (Å²) in [6, 6.07) is 12.0. The summed E-state index contributed by atoms with van der Waals surface area (Å²) in [4.78, 5) is 15.7. The lowest BCUT2D eigenvalue weighted by Gasteiger charge is -2.30. The maximum absolute atomic E-state index is 12.7. The zero-order chi connectivity index (χ0) is 25.6. The van der Waals surface area contributed by atoms with Gasteiger partial charge in [-0.15, -0.1) is 13.2 Å². The average Bonchev–Trinajstić information content (AvgIpc) is 3.31. The van der Waals surface area contributed by atoms with Crippen LogP contribution in [0.25, 0.3) is 44.3 Å². The Morgan fingerprint density at radius 1 is 1.00 bits per heavy atom. The van der Waals surface area contributed by atoms with Crippen molar-refractivity contribution in [2.45, 2.75) is 25.2 Å². The van der Waals surface area contributed by atoms with Gasteiger partial charge >= 0.3 is 6.36 Å². The first-order valence-electron chi connectivity index (χ1n) is 11.8. The summed E-state index contributed by atoms with van der Waals surface area (Å²) >= 11 is 0. The molecule has 3 aromatic heterocycles. The molecule has 8 nitrogen and oxygen atoms in total. The number of nitrogens with one attached hydrogen (secondary N) is 1. The predicted octanol–water partition coefficient (Wildman–Crippen LogP) is 5.06. The molecule has 0 bridgehead atoms. The van der Waals surface area contributed by atoms with Crippen LogP contribution in [0.1, 0.15) is 12.8 Å². The van der Waals surface area contributed by atoms with E-state index in [1.54, 1.807) is 24.7 Å². The highest BCUT2D eigenvalue weighted by atomic mass is 19.4. The number of alkyl halides is 3. The smallest absolute Gasteiger partial charge is 0.406 e. The molecule has 3 N–H and O–H groups in total. The first-order chi connectivity index (χ1) is 17.8. The van der Waals surface area contributed by atoms with Gasteiger partial charge in [0.2, 0.25) is 0 Å². The van der Waals surface area contributed by atoms with E-state index in [0.29, 0.717) is 22.3 Å². The van der Waals surface area contributed by atoms with Crippen molar-refractivity contribution >= 4 is 27.6 Å². The predicted molar refractivity (Wildman–Crippen MR) is 134 cm³/mol. The van der Waals surface area contributed by atoms with Crippen molar-refractivity contribution in [2.24, 2.45) is 5.73 Å².